The van der Waals surface area contributed by atoms with Crippen molar-refractivity contribution < 1.29 is 4.57 Å². The molecule has 1 aliphatic rings. The first kappa shape index (κ1) is 13.5. The molecule has 0 amide bonds. The maximum atomic E-state index is 2.37. The van der Waals surface area contributed by atoms with Crippen LogP contribution in [0.25, 0.3) is 10.9 Å². The summed E-state index contributed by atoms with van der Waals surface area (Å²) in [6.45, 7) is 16.1. The summed E-state index contributed by atoms with van der Waals surface area (Å²) in [5.41, 5.74) is 4.68. The number of fused-ring (bicyclic) bond motifs is 3. The number of nitrogens with zero attached hydrogens (tertiary/aromatic N) is 1. The molecule has 0 saturated heterocycles. The predicted molar refractivity (Wildman–Crippen MR) is 84.7 cm³/mol. The minimum atomic E-state index is 0.208. The molecule has 2 aromatic rings. The van der Waals surface area contributed by atoms with E-state index in [0.29, 0.717) is 11.3 Å². The zero-order valence-corrected chi connectivity index (χ0v) is 13.5. The molecule has 1 aromatic carbocycles. The summed E-state index contributed by atoms with van der Waals surface area (Å²) < 4.78 is 2.36. The standard InChI is InChI=1S/C19H25N/c1-18(2,3)14-8-10-16-13(11-14)7-9-17-15(12-20(16)17)19(4,5)6/h7-12,15H,1-6H3. The van der Waals surface area contributed by atoms with Gasteiger partial charge in [0.25, 0.3) is 0 Å². The van der Waals surface area contributed by atoms with Gasteiger partial charge in [0.15, 0.2) is 0 Å². The highest BCUT2D eigenvalue weighted by atomic mass is 15.1. The van der Waals surface area contributed by atoms with Gasteiger partial charge in [-0.25, -0.2) is 0 Å². The van der Waals surface area contributed by atoms with Crippen LogP contribution in [0.15, 0.2) is 30.3 Å². The molecule has 1 atom stereocenters. The molecule has 0 spiro atoms. The van der Waals surface area contributed by atoms with Crippen molar-refractivity contribution in [2.75, 3.05) is 0 Å². The van der Waals surface area contributed by atoms with E-state index in [1.165, 1.54) is 22.2 Å². The van der Waals surface area contributed by atoms with E-state index in [9.17, 15) is 0 Å². The Labute approximate surface area is 122 Å². The van der Waals surface area contributed by atoms with Crippen LogP contribution in [-0.2, 0) is 5.41 Å². The number of rotatable bonds is 0. The Balaban J connectivity index is 2.10. The van der Waals surface area contributed by atoms with Crippen LogP contribution < -0.4 is 4.57 Å². The molecule has 20 heavy (non-hydrogen) atoms. The number of aromatic nitrogens is 1. The van der Waals surface area contributed by atoms with Crippen LogP contribution in [0.5, 0.6) is 0 Å². The average molecular weight is 267 g/mol. The molecule has 1 heteroatoms. The van der Waals surface area contributed by atoms with Gasteiger partial charge in [0.2, 0.25) is 0 Å². The molecule has 0 bridgehead atoms. The molecular formula is C19H25N. The highest BCUT2D eigenvalue weighted by molar-refractivity contribution is 5.77. The Morgan fingerprint density at radius 3 is 2.25 bits per heavy atom. The Morgan fingerprint density at radius 2 is 1.65 bits per heavy atom. The summed E-state index contributed by atoms with van der Waals surface area (Å²) in [7, 11) is 0. The van der Waals surface area contributed by atoms with Crippen LogP contribution in [0.3, 0.4) is 0 Å². The van der Waals surface area contributed by atoms with E-state index in [4.69, 9.17) is 0 Å². The monoisotopic (exact) mass is 267 g/mol. The second-order valence-corrected chi connectivity index (χ2v) is 8.14. The molecular weight excluding hydrogens is 242 g/mol. The van der Waals surface area contributed by atoms with Crippen LogP contribution >= 0.6 is 0 Å². The number of hydrogen-bond donors (Lipinski definition) is 0. The lowest BCUT2D eigenvalue weighted by molar-refractivity contribution is -0.659. The highest BCUT2D eigenvalue weighted by Gasteiger charge is 2.37. The van der Waals surface area contributed by atoms with E-state index in [-0.39, 0.29) is 5.41 Å². The maximum absolute atomic E-state index is 2.37. The van der Waals surface area contributed by atoms with Gasteiger partial charge in [0.05, 0.1) is 5.69 Å². The fraction of sp³-hybridized carbons (Fsp3) is 0.474. The normalized spacial score (nSPS) is 18.4. The summed E-state index contributed by atoms with van der Waals surface area (Å²) in [5, 5.41) is 1.34. The Bertz CT molecular complexity index is 668. The van der Waals surface area contributed by atoms with Crippen LogP contribution in [-0.4, -0.2) is 0 Å². The zero-order chi connectivity index (χ0) is 14.7. The third-order valence-electron chi connectivity index (χ3n) is 4.41. The van der Waals surface area contributed by atoms with Crippen LogP contribution in [0, 0.1) is 12.0 Å². The Hall–Kier alpha value is -1.50. The van der Waals surface area contributed by atoms with E-state index in [1.807, 2.05) is 0 Å². The average Bonchev–Trinajstić information content (AvgIpc) is 2.25. The fourth-order valence-corrected chi connectivity index (χ4v) is 3.00. The molecule has 1 aromatic heterocycles. The molecule has 106 valence electrons. The molecule has 0 radical (unpaired) electrons. The lowest BCUT2D eigenvalue weighted by Crippen LogP contribution is -2.54. The molecule has 1 aliphatic heterocycles. The fourth-order valence-electron chi connectivity index (χ4n) is 3.00. The second-order valence-electron chi connectivity index (χ2n) is 8.14. The van der Waals surface area contributed by atoms with E-state index in [2.05, 4.69) is 83.0 Å². The third-order valence-corrected chi connectivity index (χ3v) is 4.41. The van der Waals surface area contributed by atoms with Gasteiger partial charge in [-0.2, -0.15) is 0 Å². The summed E-state index contributed by atoms with van der Waals surface area (Å²) in [6, 6.07) is 11.5. The number of benzene rings is 1. The van der Waals surface area contributed by atoms with E-state index >= 15 is 0 Å². The van der Waals surface area contributed by atoms with E-state index in [1.54, 1.807) is 0 Å². The summed E-state index contributed by atoms with van der Waals surface area (Å²) in [6.07, 6.45) is 0. The van der Waals surface area contributed by atoms with E-state index in [0.717, 1.165) is 0 Å². The van der Waals surface area contributed by atoms with Crippen LogP contribution in [0.1, 0.15) is 58.7 Å². The first-order chi connectivity index (χ1) is 9.18. The van der Waals surface area contributed by atoms with Gasteiger partial charge in [-0.15, -0.1) is 0 Å². The molecule has 0 saturated carbocycles. The largest absolute Gasteiger partial charge is 0.328 e. The summed E-state index contributed by atoms with van der Waals surface area (Å²) in [5.74, 6) is 0.564. The van der Waals surface area contributed by atoms with Crippen molar-refractivity contribution in [3.05, 3.63) is 48.1 Å². The third kappa shape index (κ3) is 2.00. The summed E-state index contributed by atoms with van der Waals surface area (Å²) >= 11 is 0. The van der Waals surface area contributed by atoms with Crippen molar-refractivity contribution in [2.24, 2.45) is 5.41 Å². The quantitative estimate of drug-likeness (QED) is 0.486. The molecule has 2 heterocycles. The van der Waals surface area contributed by atoms with Crippen LogP contribution in [0.4, 0.5) is 0 Å². The molecule has 0 fully saturated rings. The van der Waals surface area contributed by atoms with Crippen molar-refractivity contribution in [3.8, 4) is 0 Å². The maximum Gasteiger partial charge on any atom is 0.112 e. The van der Waals surface area contributed by atoms with Crippen molar-refractivity contribution in [1.29, 1.82) is 0 Å². The lowest BCUT2D eigenvalue weighted by Gasteiger charge is -2.41. The molecule has 1 unspecified atom stereocenters. The van der Waals surface area contributed by atoms with Gasteiger partial charge in [-0.1, -0.05) is 65.8 Å². The van der Waals surface area contributed by atoms with Gasteiger partial charge >= 0.3 is 0 Å². The van der Waals surface area contributed by atoms with Gasteiger partial charge in [0, 0.05) is 12.5 Å². The Kier molecular flexibility index (Phi) is 2.70. The van der Waals surface area contributed by atoms with Crippen molar-refractivity contribution in [1.82, 2.24) is 0 Å². The smallest absolute Gasteiger partial charge is 0.112 e. The first-order valence-corrected chi connectivity index (χ1v) is 7.51. The molecule has 0 aliphatic carbocycles. The minimum absolute atomic E-state index is 0.208. The van der Waals surface area contributed by atoms with E-state index < -0.39 is 0 Å². The van der Waals surface area contributed by atoms with Gasteiger partial charge in [-0.3, -0.25) is 0 Å². The SMILES string of the molecule is CC(C)(C)c1ccc2c(ccc3[n+]2[CH-]C3C(C)(C)C)c1. The topological polar surface area (TPSA) is 3.88 Å². The Morgan fingerprint density at radius 1 is 0.950 bits per heavy atom. The van der Waals surface area contributed by atoms with Crippen molar-refractivity contribution in [2.45, 2.75) is 52.9 Å². The second kappa shape index (κ2) is 4.00. The highest BCUT2D eigenvalue weighted by Crippen LogP contribution is 2.41. The minimum Gasteiger partial charge on any atom is -0.328 e. The summed E-state index contributed by atoms with van der Waals surface area (Å²) in [4.78, 5) is 0. The first-order valence-electron chi connectivity index (χ1n) is 7.51. The zero-order valence-electron chi connectivity index (χ0n) is 13.5. The molecule has 3 rings (SSSR count). The molecule has 1 nitrogen and oxygen atoms in total. The van der Waals surface area contributed by atoms with Crippen molar-refractivity contribution >= 4 is 10.9 Å². The van der Waals surface area contributed by atoms with Gasteiger partial charge < -0.3 is 4.57 Å². The van der Waals surface area contributed by atoms with Crippen LogP contribution in [0.2, 0.25) is 0 Å². The van der Waals surface area contributed by atoms with Gasteiger partial charge in [-0.05, 0) is 27.8 Å². The predicted octanol–water partition coefficient (Wildman–Crippen LogP) is 4.58. The van der Waals surface area contributed by atoms with Crippen molar-refractivity contribution in [3.63, 3.8) is 0 Å². The number of pyridine rings is 1. The molecule has 0 N–H and O–H groups in total. The lowest BCUT2D eigenvalue weighted by atomic mass is 9.74. The number of hydrogen-bond acceptors (Lipinski definition) is 0. The van der Waals surface area contributed by atoms with Gasteiger partial charge in [0.1, 0.15) is 5.52 Å².